The van der Waals surface area contributed by atoms with E-state index in [4.69, 9.17) is 18.9 Å². The number of methoxy groups -OCH3 is 2. The summed E-state index contributed by atoms with van der Waals surface area (Å²) in [5, 5.41) is 7.17. The van der Waals surface area contributed by atoms with Crippen molar-refractivity contribution in [1.29, 1.82) is 0 Å². The van der Waals surface area contributed by atoms with E-state index in [1.807, 2.05) is 24.3 Å². The molecule has 2 aromatic carbocycles. The van der Waals surface area contributed by atoms with Gasteiger partial charge >= 0.3 is 0 Å². The minimum atomic E-state index is -0.347. The van der Waals surface area contributed by atoms with Gasteiger partial charge in [-0.2, -0.15) is 5.10 Å². The lowest BCUT2D eigenvalue weighted by atomic mass is 10.1. The van der Waals surface area contributed by atoms with Crippen molar-refractivity contribution in [3.8, 4) is 34.3 Å². The Morgan fingerprint density at radius 2 is 1.78 bits per heavy atom. The predicted molar refractivity (Wildman–Crippen MR) is 117 cm³/mol. The number of rotatable bonds is 5. The average molecular weight is 432 g/mol. The maximum absolute atomic E-state index is 12.7. The highest BCUT2D eigenvalue weighted by molar-refractivity contribution is 6.03. The summed E-state index contributed by atoms with van der Waals surface area (Å²) in [5.74, 6) is 2.17. The van der Waals surface area contributed by atoms with Gasteiger partial charge in [-0.25, -0.2) is 9.50 Å². The zero-order valence-corrected chi connectivity index (χ0v) is 17.5. The number of aromatic nitrogens is 3. The molecule has 3 heterocycles. The normalized spacial score (nSPS) is 12.4. The average Bonchev–Trinajstić information content (AvgIpc) is 3.27. The van der Waals surface area contributed by atoms with Crippen molar-refractivity contribution in [2.45, 2.75) is 0 Å². The number of hydrogen-bond acceptors (Lipinski definition) is 7. The molecule has 9 nitrogen and oxygen atoms in total. The van der Waals surface area contributed by atoms with Crippen LogP contribution in [0.3, 0.4) is 0 Å². The fraction of sp³-hybridized carbons (Fsp3) is 0.174. The molecule has 4 aromatic rings. The Hall–Kier alpha value is -4.27. The maximum Gasteiger partial charge on any atom is 0.276 e. The van der Waals surface area contributed by atoms with Crippen molar-refractivity contribution >= 4 is 17.2 Å². The molecule has 0 fully saturated rings. The smallest absolute Gasteiger partial charge is 0.276 e. The molecule has 5 rings (SSSR count). The third-order valence-electron chi connectivity index (χ3n) is 5.04. The minimum absolute atomic E-state index is 0.247. The highest BCUT2D eigenvalue weighted by Gasteiger charge is 2.16. The highest BCUT2D eigenvalue weighted by atomic mass is 16.6. The zero-order valence-electron chi connectivity index (χ0n) is 17.5. The van der Waals surface area contributed by atoms with E-state index in [2.05, 4.69) is 15.4 Å². The van der Waals surface area contributed by atoms with Gasteiger partial charge in [-0.15, -0.1) is 0 Å². The minimum Gasteiger partial charge on any atom is -0.493 e. The van der Waals surface area contributed by atoms with E-state index >= 15 is 0 Å². The number of carbonyl (C=O) groups is 1. The number of hydrogen-bond donors (Lipinski definition) is 1. The van der Waals surface area contributed by atoms with Crippen LogP contribution < -0.4 is 24.3 Å². The van der Waals surface area contributed by atoms with Gasteiger partial charge in [0.05, 0.1) is 19.9 Å². The number of nitrogens with one attached hydrogen (secondary N) is 1. The molecule has 0 saturated carbocycles. The van der Waals surface area contributed by atoms with Crippen LogP contribution in [0.4, 0.5) is 5.69 Å². The fourth-order valence-corrected chi connectivity index (χ4v) is 3.46. The topological polar surface area (TPSA) is 96.2 Å². The van der Waals surface area contributed by atoms with Crippen LogP contribution in [0.2, 0.25) is 0 Å². The largest absolute Gasteiger partial charge is 0.493 e. The second-order valence-corrected chi connectivity index (χ2v) is 7.03. The molecule has 1 amide bonds. The highest BCUT2D eigenvalue weighted by Crippen LogP contribution is 2.33. The number of anilines is 1. The molecule has 0 bridgehead atoms. The van der Waals surface area contributed by atoms with Crippen molar-refractivity contribution in [3.63, 3.8) is 0 Å². The SMILES string of the molecule is COc1ccc(-c2ccn3nc(C(=O)Nc4ccc5c(c4)OCCO5)cc3n2)cc1OC. The molecular weight excluding hydrogens is 412 g/mol. The molecule has 1 N–H and O–H groups in total. The van der Waals surface area contributed by atoms with Gasteiger partial charge in [0.1, 0.15) is 13.2 Å². The van der Waals surface area contributed by atoms with Crippen molar-refractivity contribution in [2.75, 3.05) is 32.8 Å². The van der Waals surface area contributed by atoms with Crippen LogP contribution in [-0.4, -0.2) is 47.9 Å². The third kappa shape index (κ3) is 3.64. The molecule has 1 aliphatic rings. The van der Waals surface area contributed by atoms with E-state index in [1.165, 1.54) is 0 Å². The monoisotopic (exact) mass is 432 g/mol. The lowest BCUT2D eigenvalue weighted by Gasteiger charge is -2.18. The predicted octanol–water partition coefficient (Wildman–Crippen LogP) is 3.44. The Morgan fingerprint density at radius 1 is 0.969 bits per heavy atom. The second-order valence-electron chi connectivity index (χ2n) is 7.03. The van der Waals surface area contributed by atoms with Gasteiger partial charge in [0, 0.05) is 29.6 Å². The van der Waals surface area contributed by atoms with Gasteiger partial charge < -0.3 is 24.3 Å². The van der Waals surface area contributed by atoms with E-state index in [0.717, 1.165) is 11.3 Å². The van der Waals surface area contributed by atoms with Gasteiger partial charge in [-0.3, -0.25) is 4.79 Å². The summed E-state index contributed by atoms with van der Waals surface area (Å²) >= 11 is 0. The Balaban J connectivity index is 1.40. The van der Waals surface area contributed by atoms with E-state index in [0.29, 0.717) is 47.5 Å². The number of benzene rings is 2. The van der Waals surface area contributed by atoms with E-state index < -0.39 is 0 Å². The molecule has 0 saturated heterocycles. The van der Waals surface area contributed by atoms with Crippen LogP contribution in [0.1, 0.15) is 10.5 Å². The van der Waals surface area contributed by atoms with Crippen molar-refractivity contribution in [1.82, 2.24) is 14.6 Å². The molecule has 32 heavy (non-hydrogen) atoms. The summed E-state index contributed by atoms with van der Waals surface area (Å²) in [4.78, 5) is 17.4. The summed E-state index contributed by atoms with van der Waals surface area (Å²) in [6.07, 6.45) is 1.76. The second kappa shape index (κ2) is 8.10. The molecule has 0 atom stereocenters. The summed E-state index contributed by atoms with van der Waals surface area (Å²) in [6, 6.07) is 14.3. The molecule has 2 aromatic heterocycles. The molecular formula is C23H20N4O5. The lowest BCUT2D eigenvalue weighted by molar-refractivity contribution is 0.102. The van der Waals surface area contributed by atoms with Crippen LogP contribution >= 0.6 is 0 Å². The molecule has 0 radical (unpaired) electrons. The summed E-state index contributed by atoms with van der Waals surface area (Å²) in [6.45, 7) is 0.989. The van der Waals surface area contributed by atoms with Gasteiger partial charge in [0.15, 0.2) is 34.3 Å². The Morgan fingerprint density at radius 3 is 2.59 bits per heavy atom. The van der Waals surface area contributed by atoms with Gasteiger partial charge in [-0.05, 0) is 36.4 Å². The maximum atomic E-state index is 12.7. The first-order valence-corrected chi connectivity index (χ1v) is 9.94. The number of nitrogens with zero attached hydrogens (tertiary/aromatic N) is 3. The van der Waals surface area contributed by atoms with Gasteiger partial charge in [-0.1, -0.05) is 0 Å². The van der Waals surface area contributed by atoms with E-state index in [-0.39, 0.29) is 11.6 Å². The van der Waals surface area contributed by atoms with E-state index in [1.54, 1.807) is 49.2 Å². The van der Waals surface area contributed by atoms with E-state index in [9.17, 15) is 4.79 Å². The molecule has 162 valence electrons. The zero-order chi connectivity index (χ0) is 22.1. The molecule has 1 aliphatic heterocycles. The quantitative estimate of drug-likeness (QED) is 0.516. The number of ether oxygens (including phenoxy) is 4. The summed E-state index contributed by atoms with van der Waals surface area (Å²) in [5.41, 5.74) is 2.96. The lowest BCUT2D eigenvalue weighted by Crippen LogP contribution is -2.16. The fourth-order valence-electron chi connectivity index (χ4n) is 3.46. The number of amides is 1. The van der Waals surface area contributed by atoms with Gasteiger partial charge in [0.2, 0.25) is 0 Å². The first-order chi connectivity index (χ1) is 15.6. The third-order valence-corrected chi connectivity index (χ3v) is 5.04. The molecule has 0 spiro atoms. The van der Waals surface area contributed by atoms with Crippen LogP contribution in [0.5, 0.6) is 23.0 Å². The van der Waals surface area contributed by atoms with Crippen molar-refractivity contribution in [3.05, 3.63) is 60.4 Å². The summed E-state index contributed by atoms with van der Waals surface area (Å²) < 4.78 is 23.3. The molecule has 0 unspecified atom stereocenters. The summed E-state index contributed by atoms with van der Waals surface area (Å²) in [7, 11) is 3.17. The van der Waals surface area contributed by atoms with Crippen LogP contribution in [0.25, 0.3) is 16.9 Å². The van der Waals surface area contributed by atoms with Crippen molar-refractivity contribution in [2.24, 2.45) is 0 Å². The number of fused-ring (bicyclic) bond motifs is 2. The Bertz CT molecular complexity index is 1320. The first kappa shape index (κ1) is 19.7. The first-order valence-electron chi connectivity index (χ1n) is 9.94. The Labute approximate surface area is 183 Å². The van der Waals surface area contributed by atoms with Crippen molar-refractivity contribution < 1.29 is 23.7 Å². The standard InChI is InChI=1S/C23H20N4O5/c1-29-18-5-3-14(11-20(18)30-2)16-7-8-27-22(25-16)13-17(26-27)23(28)24-15-4-6-19-21(12-15)32-10-9-31-19/h3-8,11-13H,9-10H2,1-2H3,(H,24,28). The van der Waals surface area contributed by atoms with Crippen LogP contribution in [0, 0.1) is 0 Å². The molecule has 0 aliphatic carbocycles. The van der Waals surface area contributed by atoms with Crippen LogP contribution in [0.15, 0.2) is 54.7 Å². The van der Waals surface area contributed by atoms with Gasteiger partial charge in [0.25, 0.3) is 5.91 Å². The van der Waals surface area contributed by atoms with Crippen LogP contribution in [-0.2, 0) is 0 Å². The Kier molecular flexibility index (Phi) is 4.98. The number of carbonyl (C=O) groups excluding carboxylic acids is 1. The molecule has 9 heteroatoms.